The van der Waals surface area contributed by atoms with E-state index < -0.39 is 0 Å². The molecule has 0 amide bonds. The van der Waals surface area contributed by atoms with Crippen LogP contribution in [0.4, 0.5) is 0 Å². The Kier molecular flexibility index (Phi) is 4.36. The van der Waals surface area contributed by atoms with Gasteiger partial charge in [0.25, 0.3) is 0 Å². The van der Waals surface area contributed by atoms with Gasteiger partial charge in [-0.25, -0.2) is 4.98 Å². The second-order valence-corrected chi connectivity index (χ2v) is 5.14. The third-order valence-corrected chi connectivity index (χ3v) is 3.84. The quantitative estimate of drug-likeness (QED) is 0.857. The normalized spacial score (nSPS) is 12.0. The fraction of sp³-hybridized carbons (Fsp3) is 0.286. The van der Waals surface area contributed by atoms with E-state index in [0.29, 0.717) is 22.8 Å². The Morgan fingerprint density at radius 1 is 1.35 bits per heavy atom. The zero-order valence-corrected chi connectivity index (χ0v) is 12.4. The minimum Gasteiger partial charge on any atom is -0.497 e. The van der Waals surface area contributed by atoms with E-state index in [0.717, 1.165) is 5.01 Å². The number of ether oxygens (including phenoxy) is 2. The van der Waals surface area contributed by atoms with Crippen LogP contribution in [0.2, 0.25) is 0 Å². The first-order valence-corrected chi connectivity index (χ1v) is 6.92. The van der Waals surface area contributed by atoms with Gasteiger partial charge in [-0.15, -0.1) is 11.3 Å². The Morgan fingerprint density at radius 3 is 2.65 bits per heavy atom. The summed E-state index contributed by atoms with van der Waals surface area (Å²) in [6.07, 6.45) is 0. The lowest BCUT2D eigenvalue weighted by Gasteiger charge is -2.08. The molecule has 1 aromatic heterocycles. The van der Waals surface area contributed by atoms with E-state index in [9.17, 15) is 4.79 Å². The number of carbonyl (C=O) groups is 1. The molecule has 2 rings (SSSR count). The van der Waals surface area contributed by atoms with Gasteiger partial charge in [0.1, 0.15) is 22.2 Å². The standard InChI is InChI=1S/C14H16N2O3S/c1-8(15)14-16-11(7-20-14)13(17)10-6-9(18-2)4-5-12(10)19-3/h4-8H,15H2,1-3H3. The summed E-state index contributed by atoms with van der Waals surface area (Å²) >= 11 is 1.38. The first-order valence-electron chi connectivity index (χ1n) is 6.04. The van der Waals surface area contributed by atoms with Crippen molar-refractivity contribution in [3.05, 3.63) is 39.8 Å². The summed E-state index contributed by atoms with van der Waals surface area (Å²) < 4.78 is 10.4. The van der Waals surface area contributed by atoms with Crippen molar-refractivity contribution < 1.29 is 14.3 Å². The van der Waals surface area contributed by atoms with Gasteiger partial charge in [0.2, 0.25) is 5.78 Å². The van der Waals surface area contributed by atoms with E-state index in [-0.39, 0.29) is 11.8 Å². The van der Waals surface area contributed by atoms with Crippen LogP contribution in [0.25, 0.3) is 0 Å². The molecule has 0 radical (unpaired) electrons. The molecule has 0 aliphatic rings. The van der Waals surface area contributed by atoms with Crippen molar-refractivity contribution in [2.24, 2.45) is 5.73 Å². The molecule has 5 nitrogen and oxygen atoms in total. The molecule has 0 spiro atoms. The lowest BCUT2D eigenvalue weighted by atomic mass is 10.1. The topological polar surface area (TPSA) is 74.4 Å². The molecular formula is C14H16N2O3S. The number of hydrogen-bond donors (Lipinski definition) is 1. The van der Waals surface area contributed by atoms with E-state index in [1.165, 1.54) is 18.4 Å². The van der Waals surface area contributed by atoms with E-state index >= 15 is 0 Å². The largest absolute Gasteiger partial charge is 0.497 e. The number of benzene rings is 1. The fourth-order valence-corrected chi connectivity index (χ4v) is 2.49. The van der Waals surface area contributed by atoms with E-state index in [1.807, 2.05) is 6.92 Å². The molecule has 0 fully saturated rings. The smallest absolute Gasteiger partial charge is 0.216 e. The van der Waals surface area contributed by atoms with Gasteiger partial charge >= 0.3 is 0 Å². The molecule has 0 bridgehead atoms. The van der Waals surface area contributed by atoms with Crippen LogP contribution in [-0.2, 0) is 0 Å². The Morgan fingerprint density at radius 2 is 2.10 bits per heavy atom. The Labute approximate surface area is 121 Å². The zero-order valence-electron chi connectivity index (χ0n) is 11.5. The van der Waals surface area contributed by atoms with Crippen LogP contribution in [0.1, 0.15) is 34.0 Å². The van der Waals surface area contributed by atoms with Crippen molar-refractivity contribution in [3.8, 4) is 11.5 Å². The summed E-state index contributed by atoms with van der Waals surface area (Å²) in [7, 11) is 3.07. The molecule has 1 unspecified atom stereocenters. The molecule has 1 atom stereocenters. The summed E-state index contributed by atoms with van der Waals surface area (Å²) in [4.78, 5) is 16.8. The number of thiazole rings is 1. The van der Waals surface area contributed by atoms with Crippen molar-refractivity contribution in [1.29, 1.82) is 0 Å². The maximum absolute atomic E-state index is 12.5. The number of nitrogens with two attached hydrogens (primary N) is 1. The second kappa shape index (κ2) is 6.02. The minimum absolute atomic E-state index is 0.186. The van der Waals surface area contributed by atoms with Gasteiger partial charge in [-0.1, -0.05) is 0 Å². The van der Waals surface area contributed by atoms with Gasteiger partial charge < -0.3 is 15.2 Å². The number of rotatable bonds is 5. The zero-order chi connectivity index (χ0) is 14.7. The van der Waals surface area contributed by atoms with Gasteiger partial charge in [-0.2, -0.15) is 0 Å². The lowest BCUT2D eigenvalue weighted by Crippen LogP contribution is -2.08. The van der Waals surface area contributed by atoms with Crippen LogP contribution >= 0.6 is 11.3 Å². The minimum atomic E-state index is -0.205. The third kappa shape index (κ3) is 2.81. The number of nitrogens with zero attached hydrogens (tertiary/aromatic N) is 1. The second-order valence-electron chi connectivity index (χ2n) is 4.25. The van der Waals surface area contributed by atoms with Gasteiger partial charge in [0.15, 0.2) is 0 Å². The maximum atomic E-state index is 12.5. The van der Waals surface area contributed by atoms with Crippen LogP contribution in [0.3, 0.4) is 0 Å². The summed E-state index contributed by atoms with van der Waals surface area (Å²) in [5, 5.41) is 2.44. The third-order valence-electron chi connectivity index (χ3n) is 2.80. The first-order chi connectivity index (χ1) is 9.56. The van der Waals surface area contributed by atoms with Crippen molar-refractivity contribution >= 4 is 17.1 Å². The highest BCUT2D eigenvalue weighted by atomic mass is 32.1. The van der Waals surface area contributed by atoms with E-state index in [4.69, 9.17) is 15.2 Å². The molecule has 20 heavy (non-hydrogen) atoms. The number of ketones is 1. The van der Waals surface area contributed by atoms with Crippen molar-refractivity contribution in [3.63, 3.8) is 0 Å². The van der Waals surface area contributed by atoms with Gasteiger partial charge in [-0.3, -0.25) is 4.79 Å². The molecule has 2 aromatic rings. The molecule has 0 aliphatic carbocycles. The molecule has 6 heteroatoms. The molecule has 106 valence electrons. The van der Waals surface area contributed by atoms with E-state index in [1.54, 1.807) is 30.7 Å². The maximum Gasteiger partial charge on any atom is 0.216 e. The molecule has 0 saturated carbocycles. The first kappa shape index (κ1) is 14.5. The van der Waals surface area contributed by atoms with Crippen molar-refractivity contribution in [2.45, 2.75) is 13.0 Å². The highest BCUT2D eigenvalue weighted by molar-refractivity contribution is 7.09. The molecule has 0 saturated heterocycles. The SMILES string of the molecule is COc1ccc(OC)c(C(=O)c2csc(C(C)N)n2)c1. The highest BCUT2D eigenvalue weighted by Crippen LogP contribution is 2.27. The van der Waals surface area contributed by atoms with E-state index in [2.05, 4.69) is 4.98 Å². The van der Waals surface area contributed by atoms with Crippen LogP contribution in [0.15, 0.2) is 23.6 Å². The Bertz CT molecular complexity index is 623. The van der Waals surface area contributed by atoms with Crippen LogP contribution in [0.5, 0.6) is 11.5 Å². The van der Waals surface area contributed by atoms with Gasteiger partial charge in [0, 0.05) is 5.38 Å². The summed E-state index contributed by atoms with van der Waals surface area (Å²) in [5.74, 6) is 0.881. The molecule has 0 aliphatic heterocycles. The fourth-order valence-electron chi connectivity index (χ4n) is 1.73. The number of aromatic nitrogens is 1. The van der Waals surface area contributed by atoms with Crippen LogP contribution in [-0.4, -0.2) is 25.0 Å². The van der Waals surface area contributed by atoms with Crippen molar-refractivity contribution in [1.82, 2.24) is 4.98 Å². The predicted octanol–water partition coefficient (Wildman–Crippen LogP) is 2.41. The average molecular weight is 292 g/mol. The van der Waals surface area contributed by atoms with Crippen LogP contribution in [0, 0.1) is 0 Å². The lowest BCUT2D eigenvalue weighted by molar-refractivity contribution is 0.103. The molecule has 1 heterocycles. The monoisotopic (exact) mass is 292 g/mol. The Balaban J connectivity index is 2.40. The predicted molar refractivity (Wildman–Crippen MR) is 77.7 cm³/mol. The molecule has 2 N–H and O–H groups in total. The number of methoxy groups -OCH3 is 2. The number of carbonyl (C=O) groups excluding carboxylic acids is 1. The van der Waals surface area contributed by atoms with Crippen LogP contribution < -0.4 is 15.2 Å². The Hall–Kier alpha value is -1.92. The average Bonchev–Trinajstić information content (AvgIpc) is 2.95. The molecule has 1 aromatic carbocycles. The number of hydrogen-bond acceptors (Lipinski definition) is 6. The summed E-state index contributed by atoms with van der Waals surface area (Å²) in [6.45, 7) is 1.83. The summed E-state index contributed by atoms with van der Waals surface area (Å²) in [5.41, 5.74) is 6.55. The highest BCUT2D eigenvalue weighted by Gasteiger charge is 2.19. The van der Waals surface area contributed by atoms with Gasteiger partial charge in [-0.05, 0) is 25.1 Å². The summed E-state index contributed by atoms with van der Waals surface area (Å²) in [6, 6.07) is 4.90. The van der Waals surface area contributed by atoms with Gasteiger partial charge in [0.05, 0.1) is 25.8 Å². The molecular weight excluding hydrogens is 276 g/mol. The van der Waals surface area contributed by atoms with Crippen molar-refractivity contribution in [2.75, 3.05) is 14.2 Å².